The van der Waals surface area contributed by atoms with Crippen LogP contribution in [0.1, 0.15) is 26.8 Å². The van der Waals surface area contributed by atoms with Gasteiger partial charge in [0.05, 0.1) is 11.4 Å². The lowest BCUT2D eigenvalue weighted by molar-refractivity contribution is -0.165. The van der Waals surface area contributed by atoms with E-state index in [1.54, 1.807) is 49.1 Å². The molecule has 0 spiro atoms. The van der Waals surface area contributed by atoms with Crippen molar-refractivity contribution < 1.29 is 22.8 Å². The van der Waals surface area contributed by atoms with Crippen LogP contribution in [0.25, 0.3) is 28.0 Å². The van der Waals surface area contributed by atoms with Crippen molar-refractivity contribution >= 4 is 29.3 Å². The maximum Gasteiger partial charge on any atom is 0.410 e. The Labute approximate surface area is 215 Å². The number of nitrogens with zero attached hydrogens (tertiary/aromatic N) is 7. The van der Waals surface area contributed by atoms with E-state index in [0.717, 1.165) is 11.6 Å². The van der Waals surface area contributed by atoms with Gasteiger partial charge in [0.1, 0.15) is 23.4 Å². The highest BCUT2D eigenvalue weighted by Gasteiger charge is 2.42. The van der Waals surface area contributed by atoms with Gasteiger partial charge < -0.3 is 15.5 Å². The second-order valence-corrected chi connectivity index (χ2v) is 9.59. The number of anilines is 2. The molecular weight excluding hydrogens is 501 g/mol. The van der Waals surface area contributed by atoms with E-state index in [0.29, 0.717) is 47.5 Å². The standard InChI is InChI=1S/C25H25F3N8O2/c1-15(25(26,27)28)35-19(7-8-31-35)18-12-20(36-21(18)22(29)30-13-32-36)16-5-4-6-17(11-16)34-10-9-33(14-37)24(2,3)23(34)38/h4-8,11-15H,9-10H2,1-3H3,(H2,29,30,32). The van der Waals surface area contributed by atoms with Crippen molar-refractivity contribution in [3.05, 3.63) is 48.9 Å². The smallest absolute Gasteiger partial charge is 0.382 e. The van der Waals surface area contributed by atoms with E-state index in [-0.39, 0.29) is 17.4 Å². The van der Waals surface area contributed by atoms with E-state index in [1.165, 1.54) is 28.0 Å². The van der Waals surface area contributed by atoms with Crippen LogP contribution in [0.4, 0.5) is 24.7 Å². The van der Waals surface area contributed by atoms with Gasteiger partial charge in [-0.05, 0) is 45.0 Å². The van der Waals surface area contributed by atoms with E-state index in [9.17, 15) is 22.8 Å². The Balaban J connectivity index is 1.63. The normalized spacial score (nSPS) is 16.7. The van der Waals surface area contributed by atoms with Gasteiger partial charge in [-0.2, -0.15) is 23.4 Å². The van der Waals surface area contributed by atoms with Crippen molar-refractivity contribution in [3.63, 3.8) is 0 Å². The quantitative estimate of drug-likeness (QED) is 0.398. The monoisotopic (exact) mass is 526 g/mol. The summed E-state index contributed by atoms with van der Waals surface area (Å²) in [6.07, 6.45) is -1.27. The Kier molecular flexibility index (Phi) is 5.88. The summed E-state index contributed by atoms with van der Waals surface area (Å²) in [5.41, 5.74) is 7.89. The van der Waals surface area contributed by atoms with Gasteiger partial charge in [0.15, 0.2) is 5.82 Å². The van der Waals surface area contributed by atoms with Crippen LogP contribution in [0.3, 0.4) is 0 Å². The van der Waals surface area contributed by atoms with Crippen molar-refractivity contribution in [3.8, 4) is 22.5 Å². The Morgan fingerprint density at radius 1 is 1.11 bits per heavy atom. The van der Waals surface area contributed by atoms with Crippen LogP contribution in [0, 0.1) is 0 Å². The molecule has 1 fully saturated rings. The molecule has 38 heavy (non-hydrogen) atoms. The molecule has 2 amide bonds. The van der Waals surface area contributed by atoms with Crippen LogP contribution >= 0.6 is 0 Å². The fourth-order valence-electron chi connectivity index (χ4n) is 4.75. The summed E-state index contributed by atoms with van der Waals surface area (Å²) in [7, 11) is 0. The Hall–Kier alpha value is -4.42. The van der Waals surface area contributed by atoms with Gasteiger partial charge in [-0.3, -0.25) is 14.3 Å². The van der Waals surface area contributed by atoms with Crippen molar-refractivity contribution in [2.75, 3.05) is 23.7 Å². The number of fused-ring (bicyclic) bond motifs is 1. The molecule has 4 aromatic rings. The number of amides is 2. The molecule has 0 saturated carbocycles. The third-order valence-electron chi connectivity index (χ3n) is 7.00. The lowest BCUT2D eigenvalue weighted by Crippen LogP contribution is -2.62. The van der Waals surface area contributed by atoms with Gasteiger partial charge in [0, 0.05) is 36.1 Å². The number of hydrogen-bond acceptors (Lipinski definition) is 6. The summed E-state index contributed by atoms with van der Waals surface area (Å²) in [6.45, 7) is 5.10. The molecule has 4 heterocycles. The van der Waals surface area contributed by atoms with E-state index in [4.69, 9.17) is 5.73 Å². The molecule has 1 atom stereocenters. The SMILES string of the molecule is CC(n1nccc1-c1cc(-c2cccc(N3CCN(C=O)C(C)(C)C3=O)c2)n2ncnc(N)c12)C(F)(F)F. The zero-order chi connectivity index (χ0) is 27.4. The van der Waals surface area contributed by atoms with Crippen LogP contribution in [0.15, 0.2) is 48.9 Å². The molecule has 2 N–H and O–H groups in total. The summed E-state index contributed by atoms with van der Waals surface area (Å²) in [4.78, 5) is 31.8. The van der Waals surface area contributed by atoms with Crippen molar-refractivity contribution in [1.29, 1.82) is 0 Å². The lowest BCUT2D eigenvalue weighted by Gasteiger charge is -2.44. The summed E-state index contributed by atoms with van der Waals surface area (Å²) in [5, 5.41) is 8.24. The average Bonchev–Trinajstić information content (AvgIpc) is 3.50. The minimum atomic E-state index is -4.51. The molecule has 1 saturated heterocycles. The van der Waals surface area contributed by atoms with Crippen LogP contribution in [0.2, 0.25) is 0 Å². The Morgan fingerprint density at radius 2 is 1.87 bits per heavy atom. The molecule has 1 aromatic carbocycles. The van der Waals surface area contributed by atoms with Gasteiger partial charge in [0.25, 0.3) is 5.91 Å². The predicted octanol–water partition coefficient (Wildman–Crippen LogP) is 3.55. The summed E-state index contributed by atoms with van der Waals surface area (Å²) in [6, 6.07) is 8.46. The molecule has 0 bridgehead atoms. The second-order valence-electron chi connectivity index (χ2n) is 9.59. The van der Waals surface area contributed by atoms with Gasteiger partial charge >= 0.3 is 6.18 Å². The zero-order valence-corrected chi connectivity index (χ0v) is 20.8. The van der Waals surface area contributed by atoms with Crippen LogP contribution in [-0.2, 0) is 9.59 Å². The molecule has 0 aliphatic carbocycles. The first-order chi connectivity index (χ1) is 17.9. The molecular formula is C25H25F3N8O2. The molecule has 1 aliphatic rings. The molecule has 3 aromatic heterocycles. The van der Waals surface area contributed by atoms with Gasteiger partial charge in [0.2, 0.25) is 6.41 Å². The maximum absolute atomic E-state index is 13.6. The Bertz CT molecular complexity index is 1540. The summed E-state index contributed by atoms with van der Waals surface area (Å²) >= 11 is 0. The van der Waals surface area contributed by atoms with E-state index in [1.807, 2.05) is 0 Å². The molecule has 0 radical (unpaired) electrons. The fourth-order valence-corrected chi connectivity index (χ4v) is 4.75. The summed E-state index contributed by atoms with van der Waals surface area (Å²) < 4.78 is 43.1. The highest BCUT2D eigenvalue weighted by molar-refractivity contribution is 6.02. The second kappa shape index (κ2) is 8.85. The third-order valence-corrected chi connectivity index (χ3v) is 7.00. The fraction of sp³-hybridized carbons (Fsp3) is 0.320. The Morgan fingerprint density at radius 3 is 2.58 bits per heavy atom. The number of piperazine rings is 1. The number of carbonyl (C=O) groups excluding carboxylic acids is 2. The topological polar surface area (TPSA) is 115 Å². The van der Waals surface area contributed by atoms with Crippen molar-refractivity contribution in [2.24, 2.45) is 0 Å². The van der Waals surface area contributed by atoms with Gasteiger partial charge in [-0.15, -0.1) is 0 Å². The van der Waals surface area contributed by atoms with Crippen molar-refractivity contribution in [2.45, 2.75) is 38.5 Å². The minimum absolute atomic E-state index is 0.0896. The minimum Gasteiger partial charge on any atom is -0.382 e. The first kappa shape index (κ1) is 25.2. The number of rotatable bonds is 5. The highest BCUT2D eigenvalue weighted by atomic mass is 19.4. The number of benzene rings is 1. The van der Waals surface area contributed by atoms with Crippen LogP contribution in [-0.4, -0.2) is 66.4 Å². The maximum atomic E-state index is 13.6. The van der Waals surface area contributed by atoms with E-state index in [2.05, 4.69) is 15.2 Å². The number of carbonyl (C=O) groups is 2. The van der Waals surface area contributed by atoms with E-state index < -0.39 is 17.8 Å². The number of nitrogens with two attached hydrogens (primary N) is 1. The largest absolute Gasteiger partial charge is 0.410 e. The predicted molar refractivity (Wildman–Crippen MR) is 134 cm³/mol. The molecule has 10 nitrogen and oxygen atoms in total. The summed E-state index contributed by atoms with van der Waals surface area (Å²) in [5.74, 6) is -0.142. The van der Waals surface area contributed by atoms with Gasteiger partial charge in [-0.1, -0.05) is 12.1 Å². The number of aromatic nitrogens is 5. The number of hydrogen-bond donors (Lipinski definition) is 1. The number of halogens is 3. The molecule has 13 heteroatoms. The molecule has 5 rings (SSSR count). The third kappa shape index (κ3) is 3.94. The zero-order valence-electron chi connectivity index (χ0n) is 20.8. The number of nitrogen functional groups attached to an aromatic ring is 1. The first-order valence-electron chi connectivity index (χ1n) is 11.8. The first-order valence-corrected chi connectivity index (χ1v) is 11.8. The molecule has 1 unspecified atom stereocenters. The van der Waals surface area contributed by atoms with Crippen molar-refractivity contribution in [1.82, 2.24) is 29.3 Å². The van der Waals surface area contributed by atoms with Crippen LogP contribution < -0.4 is 10.6 Å². The molecule has 1 aliphatic heterocycles. The van der Waals surface area contributed by atoms with Gasteiger partial charge in [-0.25, -0.2) is 9.50 Å². The average molecular weight is 527 g/mol. The molecule has 198 valence electrons. The van der Waals surface area contributed by atoms with E-state index >= 15 is 0 Å². The highest BCUT2D eigenvalue weighted by Crippen LogP contribution is 2.39. The number of alkyl halides is 3. The lowest BCUT2D eigenvalue weighted by atomic mass is 9.97. The van der Waals surface area contributed by atoms with Crippen LogP contribution in [0.5, 0.6) is 0 Å².